The van der Waals surface area contributed by atoms with Gasteiger partial charge in [-0.05, 0) is 23.3 Å². The maximum absolute atomic E-state index is 12.3. The Hall–Kier alpha value is -2.27. The lowest BCUT2D eigenvalue weighted by molar-refractivity contribution is -0.130. The van der Waals surface area contributed by atoms with Crippen LogP contribution in [-0.4, -0.2) is 42.6 Å². The summed E-state index contributed by atoms with van der Waals surface area (Å²) >= 11 is 4.14. The monoisotopic (exact) mass is 328 g/mol. The van der Waals surface area contributed by atoms with E-state index in [4.69, 9.17) is 0 Å². The van der Waals surface area contributed by atoms with Crippen LogP contribution in [0.1, 0.15) is 10.4 Å². The van der Waals surface area contributed by atoms with Gasteiger partial charge in [-0.25, -0.2) is 0 Å². The van der Waals surface area contributed by atoms with Gasteiger partial charge >= 0.3 is 0 Å². The van der Waals surface area contributed by atoms with Crippen LogP contribution in [0, 0.1) is 0 Å². The summed E-state index contributed by atoms with van der Waals surface area (Å²) in [6, 6.07) is 16.6. The van der Waals surface area contributed by atoms with Crippen LogP contribution < -0.4 is 5.32 Å². The molecule has 0 radical (unpaired) electrons. The van der Waals surface area contributed by atoms with Crippen molar-refractivity contribution in [3.63, 3.8) is 0 Å². The Morgan fingerprint density at radius 2 is 1.57 bits per heavy atom. The van der Waals surface area contributed by atoms with Gasteiger partial charge in [-0.3, -0.25) is 9.59 Å². The van der Waals surface area contributed by atoms with E-state index in [1.54, 1.807) is 26.2 Å². The minimum Gasteiger partial charge on any atom is -0.347 e. The zero-order chi connectivity index (χ0) is 16.8. The van der Waals surface area contributed by atoms with Gasteiger partial charge in [0.15, 0.2) is 0 Å². The second-order valence-corrected chi connectivity index (χ2v) is 5.75. The lowest BCUT2D eigenvalue weighted by Gasteiger charge is -2.20. The van der Waals surface area contributed by atoms with E-state index in [0.29, 0.717) is 5.56 Å². The fourth-order valence-electron chi connectivity index (χ4n) is 2.18. The molecule has 4 nitrogen and oxygen atoms in total. The number of hydrogen-bond donors (Lipinski definition) is 2. The summed E-state index contributed by atoms with van der Waals surface area (Å²) < 4.78 is 0. The first-order chi connectivity index (χ1) is 11.0. The number of carbonyl (C=O) groups excluding carboxylic acids is 2. The standard InChI is InChI=1S/C18H20N2O2S/c1-20(2)18(22)16(12-23)19-17(21)15-10-8-14(9-11-15)13-6-4-3-5-7-13/h3-11,16,23H,12H2,1-2H3,(H,19,21)/t16-/m0/s1. The molecule has 1 atom stereocenters. The van der Waals surface area contributed by atoms with Gasteiger partial charge in [0.2, 0.25) is 5.91 Å². The predicted octanol–water partition coefficient (Wildman–Crippen LogP) is 2.47. The molecule has 120 valence electrons. The van der Waals surface area contributed by atoms with E-state index in [0.717, 1.165) is 11.1 Å². The topological polar surface area (TPSA) is 49.4 Å². The Kier molecular flexibility index (Phi) is 5.82. The summed E-state index contributed by atoms with van der Waals surface area (Å²) in [5.74, 6) is -0.196. The smallest absolute Gasteiger partial charge is 0.251 e. The molecule has 0 fully saturated rings. The van der Waals surface area contributed by atoms with Gasteiger partial charge in [0.1, 0.15) is 6.04 Å². The van der Waals surface area contributed by atoms with Crippen molar-refractivity contribution in [1.29, 1.82) is 0 Å². The number of rotatable bonds is 5. The van der Waals surface area contributed by atoms with Crippen molar-refractivity contribution < 1.29 is 9.59 Å². The molecule has 0 aliphatic heterocycles. The first-order valence-corrected chi connectivity index (χ1v) is 7.94. The maximum atomic E-state index is 12.3. The van der Waals surface area contributed by atoms with Gasteiger partial charge in [-0.2, -0.15) is 12.6 Å². The molecular weight excluding hydrogens is 308 g/mol. The molecule has 0 unspecified atom stereocenters. The van der Waals surface area contributed by atoms with Crippen molar-refractivity contribution in [3.05, 3.63) is 60.2 Å². The van der Waals surface area contributed by atoms with Crippen molar-refractivity contribution in [3.8, 4) is 11.1 Å². The van der Waals surface area contributed by atoms with Gasteiger partial charge in [0, 0.05) is 25.4 Å². The SMILES string of the molecule is CN(C)C(=O)[C@H](CS)NC(=O)c1ccc(-c2ccccc2)cc1. The number of carbonyl (C=O) groups is 2. The Labute approximate surface area is 141 Å². The van der Waals surface area contributed by atoms with Crippen LogP contribution in [0.4, 0.5) is 0 Å². The van der Waals surface area contributed by atoms with Crippen LogP contribution in [-0.2, 0) is 4.79 Å². The van der Waals surface area contributed by atoms with Gasteiger partial charge in [0.05, 0.1) is 0 Å². The molecule has 0 bridgehead atoms. The van der Waals surface area contributed by atoms with Crippen molar-refractivity contribution in [2.75, 3.05) is 19.8 Å². The predicted molar refractivity (Wildman–Crippen MR) is 95.7 cm³/mol. The van der Waals surface area contributed by atoms with E-state index < -0.39 is 6.04 Å². The maximum Gasteiger partial charge on any atom is 0.251 e. The molecule has 0 saturated heterocycles. The molecule has 2 aromatic rings. The van der Waals surface area contributed by atoms with Crippen LogP contribution in [0.25, 0.3) is 11.1 Å². The van der Waals surface area contributed by atoms with Crippen molar-refractivity contribution in [1.82, 2.24) is 10.2 Å². The van der Waals surface area contributed by atoms with Crippen LogP contribution in [0.15, 0.2) is 54.6 Å². The number of amides is 2. The second kappa shape index (κ2) is 7.83. The summed E-state index contributed by atoms with van der Waals surface area (Å²) in [5.41, 5.74) is 2.65. The summed E-state index contributed by atoms with van der Waals surface area (Å²) in [6.07, 6.45) is 0. The molecular formula is C18H20N2O2S. The third kappa shape index (κ3) is 4.36. The first-order valence-electron chi connectivity index (χ1n) is 7.31. The fraction of sp³-hybridized carbons (Fsp3) is 0.222. The van der Waals surface area contributed by atoms with Crippen molar-refractivity contribution >= 4 is 24.4 Å². The van der Waals surface area contributed by atoms with Gasteiger partial charge in [-0.1, -0.05) is 42.5 Å². The van der Waals surface area contributed by atoms with E-state index in [1.807, 2.05) is 42.5 Å². The highest BCUT2D eigenvalue weighted by Gasteiger charge is 2.21. The average Bonchev–Trinajstić information content (AvgIpc) is 2.59. The Morgan fingerprint density at radius 1 is 1.00 bits per heavy atom. The zero-order valence-electron chi connectivity index (χ0n) is 13.2. The normalized spacial score (nSPS) is 11.6. The third-order valence-electron chi connectivity index (χ3n) is 3.48. The molecule has 2 amide bonds. The van der Waals surface area contributed by atoms with Crippen LogP contribution in [0.5, 0.6) is 0 Å². The molecule has 0 aliphatic carbocycles. The summed E-state index contributed by atoms with van der Waals surface area (Å²) in [4.78, 5) is 25.7. The van der Waals surface area contributed by atoms with E-state index in [1.165, 1.54) is 4.90 Å². The Morgan fingerprint density at radius 3 is 2.09 bits per heavy atom. The number of hydrogen-bond acceptors (Lipinski definition) is 3. The molecule has 2 rings (SSSR count). The lowest BCUT2D eigenvalue weighted by atomic mass is 10.0. The third-order valence-corrected chi connectivity index (χ3v) is 3.85. The highest BCUT2D eigenvalue weighted by atomic mass is 32.1. The molecule has 0 aliphatic rings. The van der Waals surface area contributed by atoms with Crippen molar-refractivity contribution in [2.45, 2.75) is 6.04 Å². The number of benzene rings is 2. The summed E-state index contributed by atoms with van der Waals surface area (Å²) in [7, 11) is 3.30. The summed E-state index contributed by atoms with van der Waals surface area (Å²) in [5, 5.41) is 2.72. The molecule has 0 aromatic heterocycles. The zero-order valence-corrected chi connectivity index (χ0v) is 14.1. The highest BCUT2D eigenvalue weighted by Crippen LogP contribution is 2.19. The molecule has 2 aromatic carbocycles. The van der Waals surface area contributed by atoms with Crippen LogP contribution >= 0.6 is 12.6 Å². The van der Waals surface area contributed by atoms with Gasteiger partial charge in [0.25, 0.3) is 5.91 Å². The van der Waals surface area contributed by atoms with E-state index >= 15 is 0 Å². The lowest BCUT2D eigenvalue weighted by Crippen LogP contribution is -2.47. The quantitative estimate of drug-likeness (QED) is 0.829. The summed E-state index contributed by atoms with van der Waals surface area (Å²) in [6.45, 7) is 0. The molecule has 23 heavy (non-hydrogen) atoms. The molecule has 0 heterocycles. The Bertz CT molecular complexity index is 669. The second-order valence-electron chi connectivity index (χ2n) is 5.38. The largest absolute Gasteiger partial charge is 0.347 e. The number of nitrogens with zero attached hydrogens (tertiary/aromatic N) is 1. The van der Waals surface area contributed by atoms with Crippen LogP contribution in [0.3, 0.4) is 0 Å². The average molecular weight is 328 g/mol. The minimum absolute atomic E-state index is 0.172. The van der Waals surface area contributed by atoms with Gasteiger partial charge in [-0.15, -0.1) is 0 Å². The number of nitrogens with one attached hydrogen (secondary N) is 1. The molecule has 0 saturated carbocycles. The van der Waals surface area contributed by atoms with E-state index in [-0.39, 0.29) is 17.6 Å². The minimum atomic E-state index is -0.630. The fourth-order valence-corrected chi connectivity index (χ4v) is 2.43. The molecule has 5 heteroatoms. The van der Waals surface area contributed by atoms with Crippen LogP contribution in [0.2, 0.25) is 0 Å². The van der Waals surface area contributed by atoms with E-state index in [9.17, 15) is 9.59 Å². The van der Waals surface area contributed by atoms with Crippen molar-refractivity contribution in [2.24, 2.45) is 0 Å². The first kappa shape index (κ1) is 17.1. The number of likely N-dealkylation sites (N-methyl/N-ethyl adjacent to an activating group) is 1. The number of thiol groups is 1. The molecule has 1 N–H and O–H groups in total. The highest BCUT2D eigenvalue weighted by molar-refractivity contribution is 7.80. The Balaban J connectivity index is 2.10. The molecule has 0 spiro atoms. The van der Waals surface area contributed by atoms with Gasteiger partial charge < -0.3 is 10.2 Å². The van der Waals surface area contributed by atoms with E-state index in [2.05, 4.69) is 17.9 Å².